The van der Waals surface area contributed by atoms with E-state index in [1.807, 2.05) is 13.8 Å². The minimum Gasteiger partial charge on any atom is -0.458 e. The van der Waals surface area contributed by atoms with Gasteiger partial charge in [0, 0.05) is 30.6 Å². The number of esters is 1. The lowest BCUT2D eigenvalue weighted by molar-refractivity contribution is -0.238. The Morgan fingerprint density at radius 3 is 2.40 bits per heavy atom. The van der Waals surface area contributed by atoms with Crippen LogP contribution in [0, 0.1) is 28.6 Å². The maximum atomic E-state index is 15.4. The van der Waals surface area contributed by atoms with E-state index in [9.17, 15) is 24.6 Å². The molecule has 6 nitrogen and oxygen atoms in total. The molecule has 2 N–H and O–H groups in total. The Morgan fingerprint density at radius 1 is 1.10 bits per heavy atom. The summed E-state index contributed by atoms with van der Waals surface area (Å²) < 4.78 is 20.3. The molecule has 0 saturated heterocycles. The van der Waals surface area contributed by atoms with Crippen molar-refractivity contribution in [2.75, 3.05) is 6.61 Å². The zero-order valence-corrected chi connectivity index (χ0v) is 18.1. The fraction of sp³-hybridized carbons (Fsp3) is 0.870. The molecule has 0 amide bonds. The smallest absolute Gasteiger partial charge is 0.303 e. The van der Waals surface area contributed by atoms with Gasteiger partial charge in [-0.15, -0.1) is 0 Å². The highest BCUT2D eigenvalue weighted by Gasteiger charge is 2.71. The average Bonchev–Trinajstić information content (AvgIpc) is 2.95. The number of rotatable bonds is 3. The summed E-state index contributed by atoms with van der Waals surface area (Å²) in [6.07, 6.45) is 1.48. The summed E-state index contributed by atoms with van der Waals surface area (Å²) in [5, 5.41) is 22.7. The maximum absolute atomic E-state index is 15.4. The van der Waals surface area contributed by atoms with Gasteiger partial charge in [-0.05, 0) is 56.3 Å². The summed E-state index contributed by atoms with van der Waals surface area (Å²) in [6, 6.07) is 0. The Morgan fingerprint density at radius 2 is 1.73 bits per heavy atom. The van der Waals surface area contributed by atoms with E-state index in [1.165, 1.54) is 6.92 Å². The van der Waals surface area contributed by atoms with Crippen LogP contribution >= 0.6 is 0 Å². The summed E-state index contributed by atoms with van der Waals surface area (Å²) in [5.74, 6) is -1.20. The molecule has 4 fully saturated rings. The number of ether oxygens (including phenoxy) is 1. The number of aliphatic hydroxyl groups is 2. The lowest BCUT2D eigenvalue weighted by atomic mass is 9.42. The van der Waals surface area contributed by atoms with Crippen LogP contribution in [0.25, 0.3) is 0 Å². The molecule has 7 heteroatoms. The molecule has 0 spiro atoms. The van der Waals surface area contributed by atoms with E-state index in [4.69, 9.17) is 4.74 Å². The standard InChI is InChI=1S/C23H33FO6/c1-13(25)30-12-19(27)22(28)9-6-17-15-10-18(24)23(29)11-14(26)4-7-21(23,3)16(15)5-8-20(17,22)2/h15-18,28-29H,4-12H2,1-3H3/t15-,16+,17+,18?,20+,21-,22+,23+/m1/s1. The highest BCUT2D eigenvalue weighted by atomic mass is 19.1. The third-order valence-electron chi connectivity index (χ3n) is 9.65. The van der Waals surface area contributed by atoms with Crippen LogP contribution in [0.4, 0.5) is 4.39 Å². The number of hydrogen-bond acceptors (Lipinski definition) is 6. The summed E-state index contributed by atoms with van der Waals surface area (Å²) in [5.41, 5.74) is -4.63. The number of carbonyl (C=O) groups is 3. The number of alkyl halides is 1. The highest BCUT2D eigenvalue weighted by molar-refractivity contribution is 5.91. The fourth-order valence-electron chi connectivity index (χ4n) is 7.78. The third kappa shape index (κ3) is 2.70. The first-order valence-corrected chi connectivity index (χ1v) is 11.2. The minimum absolute atomic E-state index is 0.0478. The number of hydrogen-bond donors (Lipinski definition) is 2. The van der Waals surface area contributed by atoms with Crippen molar-refractivity contribution in [3.8, 4) is 0 Å². The van der Waals surface area contributed by atoms with E-state index in [-0.39, 0.29) is 42.8 Å². The summed E-state index contributed by atoms with van der Waals surface area (Å²) in [6.45, 7) is 4.61. The highest BCUT2D eigenvalue weighted by Crippen LogP contribution is 2.69. The van der Waals surface area contributed by atoms with Gasteiger partial charge in [-0.2, -0.15) is 0 Å². The van der Waals surface area contributed by atoms with E-state index in [0.717, 1.165) is 0 Å². The lowest BCUT2D eigenvalue weighted by Crippen LogP contribution is -2.68. The van der Waals surface area contributed by atoms with Crippen molar-refractivity contribution in [1.82, 2.24) is 0 Å². The predicted molar refractivity (Wildman–Crippen MR) is 105 cm³/mol. The van der Waals surface area contributed by atoms with Crippen LogP contribution in [0.1, 0.15) is 72.1 Å². The second kappa shape index (κ2) is 6.83. The second-order valence-electron chi connectivity index (χ2n) is 10.7. The molecule has 30 heavy (non-hydrogen) atoms. The molecule has 168 valence electrons. The molecule has 1 unspecified atom stereocenters. The summed E-state index contributed by atoms with van der Waals surface area (Å²) >= 11 is 0. The maximum Gasteiger partial charge on any atom is 0.303 e. The van der Waals surface area contributed by atoms with Gasteiger partial charge < -0.3 is 14.9 Å². The van der Waals surface area contributed by atoms with Crippen molar-refractivity contribution < 1.29 is 33.7 Å². The van der Waals surface area contributed by atoms with Crippen LogP contribution in [0.3, 0.4) is 0 Å². The molecule has 4 aliphatic rings. The first-order chi connectivity index (χ1) is 13.9. The zero-order valence-electron chi connectivity index (χ0n) is 18.1. The summed E-state index contributed by atoms with van der Waals surface area (Å²) in [7, 11) is 0. The van der Waals surface area contributed by atoms with Gasteiger partial charge in [-0.25, -0.2) is 4.39 Å². The van der Waals surface area contributed by atoms with Crippen molar-refractivity contribution in [2.45, 2.75) is 89.5 Å². The fourth-order valence-corrected chi connectivity index (χ4v) is 7.78. The van der Waals surface area contributed by atoms with E-state index < -0.39 is 46.6 Å². The van der Waals surface area contributed by atoms with Gasteiger partial charge in [0.25, 0.3) is 0 Å². The van der Waals surface area contributed by atoms with Crippen LogP contribution in [0.2, 0.25) is 0 Å². The van der Waals surface area contributed by atoms with E-state index in [2.05, 4.69) is 0 Å². The molecule has 0 bridgehead atoms. The zero-order chi connectivity index (χ0) is 22.1. The predicted octanol–water partition coefficient (Wildman–Crippen LogP) is 2.52. The van der Waals surface area contributed by atoms with Crippen LogP contribution in [-0.2, 0) is 19.1 Å². The number of Topliss-reactive ketones (excluding diaryl/α,β-unsaturated/α-hetero) is 2. The quantitative estimate of drug-likeness (QED) is 0.675. The van der Waals surface area contributed by atoms with Gasteiger partial charge >= 0.3 is 5.97 Å². The van der Waals surface area contributed by atoms with Crippen molar-refractivity contribution >= 4 is 17.5 Å². The first kappa shape index (κ1) is 21.9. The topological polar surface area (TPSA) is 101 Å². The molecule has 4 rings (SSSR count). The van der Waals surface area contributed by atoms with Crippen molar-refractivity contribution in [3.05, 3.63) is 0 Å². The second-order valence-corrected chi connectivity index (χ2v) is 10.7. The van der Waals surface area contributed by atoms with Crippen LogP contribution in [-0.4, -0.2) is 51.7 Å². The Labute approximate surface area is 176 Å². The summed E-state index contributed by atoms with van der Waals surface area (Å²) in [4.78, 5) is 36.0. The molecule has 0 aliphatic heterocycles. The van der Waals surface area contributed by atoms with E-state index >= 15 is 4.39 Å². The normalized spacial score (nSPS) is 50.3. The van der Waals surface area contributed by atoms with E-state index in [1.54, 1.807) is 0 Å². The largest absolute Gasteiger partial charge is 0.458 e. The number of fused-ring (bicyclic) bond motifs is 5. The van der Waals surface area contributed by atoms with Gasteiger partial charge in [-0.3, -0.25) is 14.4 Å². The Balaban J connectivity index is 1.64. The minimum atomic E-state index is -1.63. The number of carbonyl (C=O) groups excluding carboxylic acids is 3. The van der Waals surface area contributed by atoms with E-state index in [0.29, 0.717) is 32.1 Å². The van der Waals surface area contributed by atoms with Gasteiger partial charge in [-0.1, -0.05) is 13.8 Å². The monoisotopic (exact) mass is 424 g/mol. The molecule has 0 heterocycles. The molecular formula is C23H33FO6. The van der Waals surface area contributed by atoms with Crippen LogP contribution < -0.4 is 0 Å². The number of halogens is 1. The van der Waals surface area contributed by atoms with Gasteiger partial charge in [0.1, 0.15) is 23.2 Å². The Kier molecular flexibility index (Phi) is 4.98. The third-order valence-corrected chi connectivity index (χ3v) is 9.65. The van der Waals surface area contributed by atoms with Crippen molar-refractivity contribution in [3.63, 3.8) is 0 Å². The van der Waals surface area contributed by atoms with Crippen LogP contribution in [0.15, 0.2) is 0 Å². The molecule has 0 aromatic carbocycles. The van der Waals surface area contributed by atoms with Gasteiger partial charge in [0.2, 0.25) is 5.78 Å². The van der Waals surface area contributed by atoms with Crippen molar-refractivity contribution in [2.24, 2.45) is 28.6 Å². The van der Waals surface area contributed by atoms with Gasteiger partial charge in [0.05, 0.1) is 0 Å². The Hall–Kier alpha value is -1.34. The molecular weight excluding hydrogens is 391 g/mol. The average molecular weight is 425 g/mol. The Bertz CT molecular complexity index is 784. The number of ketones is 2. The molecule has 0 radical (unpaired) electrons. The lowest BCUT2D eigenvalue weighted by Gasteiger charge is -2.64. The molecule has 8 atom stereocenters. The molecule has 4 aliphatic carbocycles. The van der Waals surface area contributed by atoms with Gasteiger partial charge in [0.15, 0.2) is 6.61 Å². The molecule has 4 saturated carbocycles. The first-order valence-electron chi connectivity index (χ1n) is 11.2. The molecule has 0 aromatic heterocycles. The SMILES string of the molecule is CC(=O)OCC(=O)[C@@]1(O)CC[C@H]2[C@@H]3CC(F)[C@@]4(O)CC(=O)CC[C@]4(C)[C@H]3CC[C@@]21C. The van der Waals surface area contributed by atoms with Crippen molar-refractivity contribution in [1.29, 1.82) is 0 Å². The van der Waals surface area contributed by atoms with Crippen LogP contribution in [0.5, 0.6) is 0 Å². The molecule has 0 aromatic rings.